The van der Waals surface area contributed by atoms with Gasteiger partial charge in [-0.2, -0.15) is 5.26 Å². The molecule has 0 unspecified atom stereocenters. The van der Waals surface area contributed by atoms with Crippen molar-refractivity contribution in [2.75, 3.05) is 0 Å². The number of hydrogen-bond donors (Lipinski definition) is 0. The molecule has 7 heteroatoms. The number of hydrogen-bond acceptors (Lipinski definition) is 4. The molecule has 5 nitrogen and oxygen atoms in total. The van der Waals surface area contributed by atoms with Gasteiger partial charge in [-0.05, 0) is 61.2 Å². The monoisotopic (exact) mass is 456 g/mol. The lowest BCUT2D eigenvalue weighted by atomic mass is 10.1. The minimum atomic E-state index is -0.359. The summed E-state index contributed by atoms with van der Waals surface area (Å²) in [4.78, 5) is 22.5. The molecule has 1 heterocycles. The highest BCUT2D eigenvalue weighted by molar-refractivity contribution is 6.37. The number of aryl methyl sites for hydroxylation is 2. The molecule has 1 aromatic heterocycles. The lowest BCUT2D eigenvalue weighted by molar-refractivity contribution is -0.218. The first kappa shape index (κ1) is 21.5. The SMILES string of the molecule is Cc1cc(C#N)cc2c1cc(Cc1c(Cl)ccc(OOC(=O)C3CCCC3)c1Cl)n2C. The third-order valence-electron chi connectivity index (χ3n) is 6.01. The van der Waals surface area contributed by atoms with Crippen LogP contribution in [0.15, 0.2) is 30.3 Å². The number of nitriles is 1. The van der Waals surface area contributed by atoms with E-state index in [-0.39, 0.29) is 17.6 Å². The van der Waals surface area contributed by atoms with Crippen molar-refractivity contribution in [1.29, 1.82) is 5.26 Å². The lowest BCUT2D eigenvalue weighted by Gasteiger charge is -2.13. The van der Waals surface area contributed by atoms with Crippen molar-refractivity contribution in [1.82, 2.24) is 4.57 Å². The van der Waals surface area contributed by atoms with Gasteiger partial charge in [-0.1, -0.05) is 36.0 Å². The van der Waals surface area contributed by atoms with E-state index >= 15 is 0 Å². The predicted octanol–water partition coefficient (Wildman–Crippen LogP) is 6.28. The van der Waals surface area contributed by atoms with Crippen LogP contribution in [0.3, 0.4) is 0 Å². The second-order valence-electron chi connectivity index (χ2n) is 8.01. The van der Waals surface area contributed by atoms with Gasteiger partial charge in [-0.25, -0.2) is 4.79 Å². The van der Waals surface area contributed by atoms with Gasteiger partial charge in [0.05, 0.1) is 22.6 Å². The first-order valence-corrected chi connectivity index (χ1v) is 11.0. The fourth-order valence-corrected chi connectivity index (χ4v) is 4.73. The molecule has 160 valence electrons. The van der Waals surface area contributed by atoms with Crippen molar-refractivity contribution in [3.05, 3.63) is 62.8 Å². The first-order chi connectivity index (χ1) is 14.9. The molecular weight excluding hydrogens is 435 g/mol. The molecule has 4 rings (SSSR count). The average Bonchev–Trinajstić information content (AvgIpc) is 3.40. The molecule has 0 N–H and O–H groups in total. The summed E-state index contributed by atoms with van der Waals surface area (Å²) in [7, 11) is 1.95. The third-order valence-corrected chi connectivity index (χ3v) is 6.78. The normalized spacial score (nSPS) is 14.0. The van der Waals surface area contributed by atoms with Gasteiger partial charge >= 0.3 is 5.97 Å². The Hall–Kier alpha value is -2.68. The van der Waals surface area contributed by atoms with E-state index < -0.39 is 0 Å². The molecule has 1 aliphatic rings. The number of rotatable bonds is 5. The van der Waals surface area contributed by atoms with Gasteiger partial charge in [0.1, 0.15) is 0 Å². The lowest BCUT2D eigenvalue weighted by Crippen LogP contribution is -2.16. The van der Waals surface area contributed by atoms with E-state index in [2.05, 4.69) is 12.1 Å². The van der Waals surface area contributed by atoms with Crippen LogP contribution in [0, 0.1) is 24.2 Å². The summed E-state index contributed by atoms with van der Waals surface area (Å²) < 4.78 is 2.03. The molecule has 0 atom stereocenters. The molecule has 0 aliphatic heterocycles. The number of fused-ring (bicyclic) bond motifs is 1. The second kappa shape index (κ2) is 8.82. The van der Waals surface area contributed by atoms with Crippen LogP contribution in [0.4, 0.5) is 0 Å². The number of aromatic nitrogens is 1. The summed E-state index contributed by atoms with van der Waals surface area (Å²) in [6.45, 7) is 1.99. The molecule has 0 amide bonds. The molecule has 1 saturated carbocycles. The van der Waals surface area contributed by atoms with Crippen LogP contribution in [-0.4, -0.2) is 10.5 Å². The summed E-state index contributed by atoms with van der Waals surface area (Å²) in [6, 6.07) is 11.3. The molecule has 0 bridgehead atoms. The molecule has 0 radical (unpaired) electrons. The van der Waals surface area contributed by atoms with Crippen LogP contribution >= 0.6 is 23.2 Å². The van der Waals surface area contributed by atoms with Gasteiger partial charge in [0, 0.05) is 35.1 Å². The van der Waals surface area contributed by atoms with Crippen molar-refractivity contribution in [3.63, 3.8) is 0 Å². The fourth-order valence-electron chi connectivity index (χ4n) is 4.20. The molecule has 2 aromatic carbocycles. The van der Waals surface area contributed by atoms with Gasteiger partial charge < -0.3 is 4.57 Å². The standard InChI is InChI=1S/C24H22Cl2N2O3/c1-14-9-15(13-27)10-21-18(14)11-17(28(21)2)12-19-20(25)7-8-22(23(19)26)30-31-24(29)16-5-3-4-6-16/h7-11,16H,3-6,12H2,1-2H3. The first-order valence-electron chi connectivity index (χ1n) is 10.2. The van der Waals surface area contributed by atoms with E-state index in [1.165, 1.54) is 0 Å². The number of carbonyl (C=O) groups is 1. The minimum Gasteiger partial charge on any atom is -0.347 e. The van der Waals surface area contributed by atoms with Gasteiger partial charge in [0.2, 0.25) is 0 Å². The molecule has 3 aromatic rings. The number of benzene rings is 2. The topological polar surface area (TPSA) is 64.2 Å². The summed E-state index contributed by atoms with van der Waals surface area (Å²) >= 11 is 13.0. The van der Waals surface area contributed by atoms with E-state index in [0.717, 1.165) is 47.8 Å². The second-order valence-corrected chi connectivity index (χ2v) is 8.80. The smallest absolute Gasteiger partial charge is 0.347 e. The highest BCUT2D eigenvalue weighted by Gasteiger charge is 2.26. The largest absolute Gasteiger partial charge is 0.358 e. The Morgan fingerprint density at radius 1 is 1.23 bits per heavy atom. The van der Waals surface area contributed by atoms with Gasteiger partial charge in [0.25, 0.3) is 0 Å². The van der Waals surface area contributed by atoms with Crippen molar-refractivity contribution in [2.24, 2.45) is 13.0 Å². The molecular formula is C24H22Cl2N2O3. The van der Waals surface area contributed by atoms with Crippen molar-refractivity contribution < 1.29 is 14.6 Å². The zero-order valence-corrected chi connectivity index (χ0v) is 18.9. The van der Waals surface area contributed by atoms with Gasteiger partial charge in [-0.3, -0.25) is 9.78 Å². The quantitative estimate of drug-likeness (QED) is 0.334. The summed E-state index contributed by atoms with van der Waals surface area (Å²) in [6.07, 6.45) is 4.18. The van der Waals surface area contributed by atoms with E-state index in [0.29, 0.717) is 27.6 Å². The Morgan fingerprint density at radius 3 is 2.68 bits per heavy atom. The van der Waals surface area contributed by atoms with Crippen LogP contribution in [0.1, 0.15) is 48.1 Å². The minimum absolute atomic E-state index is 0.108. The highest BCUT2D eigenvalue weighted by atomic mass is 35.5. The number of carbonyl (C=O) groups excluding carboxylic acids is 1. The fraction of sp³-hybridized carbons (Fsp3) is 0.333. The summed E-state index contributed by atoms with van der Waals surface area (Å²) in [5, 5.41) is 11.2. The zero-order chi connectivity index (χ0) is 22.1. The Bertz CT molecular complexity index is 1200. The Labute approximate surface area is 191 Å². The Balaban J connectivity index is 1.61. The maximum atomic E-state index is 12.2. The molecule has 31 heavy (non-hydrogen) atoms. The highest BCUT2D eigenvalue weighted by Crippen LogP contribution is 2.36. The summed E-state index contributed by atoms with van der Waals surface area (Å²) in [5.74, 6) is -0.209. The molecule has 0 spiro atoms. The van der Waals surface area contributed by atoms with Crippen LogP contribution in [0.5, 0.6) is 5.75 Å². The molecule has 0 saturated heterocycles. The maximum Gasteiger partial charge on any atom is 0.358 e. The Kier molecular flexibility index (Phi) is 6.13. The summed E-state index contributed by atoms with van der Waals surface area (Å²) in [5.41, 5.74) is 4.29. The van der Waals surface area contributed by atoms with Crippen molar-refractivity contribution in [3.8, 4) is 11.8 Å². The maximum absolute atomic E-state index is 12.2. The predicted molar refractivity (Wildman–Crippen MR) is 120 cm³/mol. The van der Waals surface area contributed by atoms with Crippen molar-refractivity contribution in [2.45, 2.75) is 39.0 Å². The van der Waals surface area contributed by atoms with Crippen LogP contribution in [0.2, 0.25) is 10.0 Å². The van der Waals surface area contributed by atoms with E-state index in [9.17, 15) is 10.1 Å². The van der Waals surface area contributed by atoms with E-state index in [4.69, 9.17) is 33.0 Å². The zero-order valence-electron chi connectivity index (χ0n) is 17.4. The van der Waals surface area contributed by atoms with Gasteiger partial charge in [-0.15, -0.1) is 0 Å². The van der Waals surface area contributed by atoms with Crippen LogP contribution in [0.25, 0.3) is 10.9 Å². The number of nitrogens with zero attached hydrogens (tertiary/aromatic N) is 2. The van der Waals surface area contributed by atoms with E-state index in [1.807, 2.05) is 30.7 Å². The molecule has 1 aliphatic carbocycles. The van der Waals surface area contributed by atoms with Crippen molar-refractivity contribution >= 4 is 40.1 Å². The third kappa shape index (κ3) is 4.23. The Morgan fingerprint density at radius 2 is 1.97 bits per heavy atom. The average molecular weight is 457 g/mol. The van der Waals surface area contributed by atoms with Crippen LogP contribution < -0.4 is 4.89 Å². The van der Waals surface area contributed by atoms with E-state index in [1.54, 1.807) is 12.1 Å². The van der Waals surface area contributed by atoms with Gasteiger partial charge in [0.15, 0.2) is 5.75 Å². The van der Waals surface area contributed by atoms with Crippen LogP contribution in [-0.2, 0) is 23.2 Å². The number of halogens is 2. The molecule has 1 fully saturated rings.